The van der Waals surface area contributed by atoms with Crippen LogP contribution in [0.15, 0.2) is 47.4 Å². The van der Waals surface area contributed by atoms with Crippen molar-refractivity contribution in [1.82, 2.24) is 19.2 Å². The molecule has 3 aromatic rings. The van der Waals surface area contributed by atoms with Gasteiger partial charge in [-0.1, -0.05) is 12.1 Å². The van der Waals surface area contributed by atoms with Crippen molar-refractivity contribution >= 4 is 32.7 Å². The second-order valence-electron chi connectivity index (χ2n) is 8.29. The highest BCUT2D eigenvalue weighted by molar-refractivity contribution is 7.89. The zero-order valence-electron chi connectivity index (χ0n) is 17.5. The fourth-order valence-corrected chi connectivity index (χ4v) is 5.92. The smallest absolute Gasteiger partial charge is 0.253 e. The van der Waals surface area contributed by atoms with Gasteiger partial charge in [0.1, 0.15) is 10.7 Å². The number of benzene rings is 2. The van der Waals surface area contributed by atoms with Crippen molar-refractivity contribution in [2.24, 2.45) is 13.0 Å². The fraction of sp³-hybridized carbons (Fsp3) is 0.364. The van der Waals surface area contributed by atoms with Crippen molar-refractivity contribution in [3.63, 3.8) is 0 Å². The number of hydrogen-bond acceptors (Lipinski definition) is 5. The molecular formula is C22H25N5O3S. The number of rotatable bonds is 2. The Morgan fingerprint density at radius 1 is 1.13 bits per heavy atom. The summed E-state index contributed by atoms with van der Waals surface area (Å²) in [5.74, 6) is 1.00. The standard InChI is InChI=1S/C22H25N5O3S/c1-14-23-18-13-16(7-8-19(18)26(14)2)22(28)27-11-9-15(10-12-27)21-24-17-5-3-4-6-20(17)31(29,30)25-21/h3-8,13,15,21,24-25H,9-12H2,1-2H3/t21-/m0/s1. The molecule has 2 aromatic carbocycles. The van der Waals surface area contributed by atoms with Gasteiger partial charge < -0.3 is 14.8 Å². The van der Waals surface area contributed by atoms with Crippen LogP contribution in [-0.2, 0) is 17.1 Å². The Bertz CT molecular complexity index is 1280. The number of anilines is 1. The third-order valence-corrected chi connectivity index (χ3v) is 7.92. The number of piperidine rings is 1. The maximum Gasteiger partial charge on any atom is 0.253 e. The monoisotopic (exact) mass is 439 g/mol. The van der Waals surface area contributed by atoms with Crippen molar-refractivity contribution < 1.29 is 13.2 Å². The molecule has 31 heavy (non-hydrogen) atoms. The number of likely N-dealkylation sites (tertiary alicyclic amines) is 1. The number of fused-ring (bicyclic) bond motifs is 2. The first kappa shape index (κ1) is 20.0. The molecule has 5 rings (SSSR count). The van der Waals surface area contributed by atoms with Gasteiger partial charge in [-0.25, -0.2) is 13.4 Å². The fourth-order valence-electron chi connectivity index (χ4n) is 4.53. The first-order chi connectivity index (χ1) is 14.8. The Morgan fingerprint density at radius 2 is 1.87 bits per heavy atom. The highest BCUT2D eigenvalue weighted by Gasteiger charge is 2.36. The van der Waals surface area contributed by atoms with Crippen molar-refractivity contribution in [2.45, 2.75) is 30.8 Å². The number of nitrogens with zero attached hydrogens (tertiary/aromatic N) is 3. The summed E-state index contributed by atoms with van der Waals surface area (Å²) in [6, 6.07) is 12.6. The lowest BCUT2D eigenvalue weighted by molar-refractivity contribution is 0.0679. The van der Waals surface area contributed by atoms with Crippen LogP contribution in [0, 0.1) is 12.8 Å². The summed E-state index contributed by atoms with van der Waals surface area (Å²) in [6.45, 7) is 3.12. The SMILES string of the molecule is Cc1nc2cc(C(=O)N3CCC([C@H]4Nc5ccccc5S(=O)(=O)N4)CC3)ccc2n1C. The summed E-state index contributed by atoms with van der Waals surface area (Å²) in [6.07, 6.45) is 1.07. The van der Waals surface area contributed by atoms with E-state index in [9.17, 15) is 13.2 Å². The Labute approximate surface area is 181 Å². The number of amides is 1. The minimum atomic E-state index is -3.54. The Hall–Kier alpha value is -2.91. The van der Waals surface area contributed by atoms with Crippen molar-refractivity contribution in [3.8, 4) is 0 Å². The van der Waals surface area contributed by atoms with E-state index in [1.54, 1.807) is 18.2 Å². The molecule has 1 atom stereocenters. The van der Waals surface area contributed by atoms with Gasteiger partial charge in [-0.15, -0.1) is 0 Å². The van der Waals surface area contributed by atoms with Gasteiger partial charge in [0.15, 0.2) is 0 Å². The van der Waals surface area contributed by atoms with Crippen LogP contribution in [0.2, 0.25) is 0 Å². The number of nitrogens with one attached hydrogen (secondary N) is 2. The van der Waals surface area contributed by atoms with E-state index in [0.717, 1.165) is 29.7 Å². The Kier molecular flexibility index (Phi) is 4.75. The van der Waals surface area contributed by atoms with E-state index in [1.165, 1.54) is 0 Å². The molecular weight excluding hydrogens is 414 g/mol. The maximum absolute atomic E-state index is 13.0. The van der Waals surface area contributed by atoms with Gasteiger partial charge in [-0.2, -0.15) is 4.72 Å². The lowest BCUT2D eigenvalue weighted by Gasteiger charge is -2.38. The number of imidazole rings is 1. The molecule has 162 valence electrons. The van der Waals surface area contributed by atoms with E-state index in [2.05, 4.69) is 15.0 Å². The molecule has 0 radical (unpaired) electrons. The van der Waals surface area contributed by atoms with Crippen LogP contribution in [0.5, 0.6) is 0 Å². The Balaban J connectivity index is 1.28. The van der Waals surface area contributed by atoms with Crippen molar-refractivity contribution in [3.05, 3.63) is 53.9 Å². The number of aryl methyl sites for hydroxylation is 2. The summed E-state index contributed by atoms with van der Waals surface area (Å²) >= 11 is 0. The minimum Gasteiger partial charge on any atom is -0.368 e. The maximum atomic E-state index is 13.0. The van der Waals surface area contributed by atoms with Crippen LogP contribution >= 0.6 is 0 Å². The van der Waals surface area contributed by atoms with Crippen LogP contribution in [-0.4, -0.2) is 48.0 Å². The van der Waals surface area contributed by atoms with E-state index in [0.29, 0.717) is 24.3 Å². The number of sulfonamides is 1. The van der Waals surface area contributed by atoms with E-state index in [-0.39, 0.29) is 22.9 Å². The van der Waals surface area contributed by atoms with Crippen LogP contribution < -0.4 is 10.0 Å². The largest absolute Gasteiger partial charge is 0.368 e. The highest BCUT2D eigenvalue weighted by atomic mass is 32.2. The number of aromatic nitrogens is 2. The molecule has 9 heteroatoms. The molecule has 3 heterocycles. The zero-order valence-corrected chi connectivity index (χ0v) is 18.3. The molecule has 0 saturated carbocycles. The van der Waals surface area contributed by atoms with Gasteiger partial charge in [0.05, 0.1) is 22.9 Å². The second-order valence-corrected chi connectivity index (χ2v) is 9.97. The number of carbonyl (C=O) groups excluding carboxylic acids is 1. The number of carbonyl (C=O) groups is 1. The molecule has 0 bridgehead atoms. The molecule has 2 aliphatic rings. The molecule has 0 aliphatic carbocycles. The third-order valence-electron chi connectivity index (χ3n) is 6.42. The zero-order chi connectivity index (χ0) is 21.8. The summed E-state index contributed by atoms with van der Waals surface area (Å²) in [4.78, 5) is 19.7. The van der Waals surface area contributed by atoms with Gasteiger partial charge in [0.2, 0.25) is 10.0 Å². The summed E-state index contributed by atoms with van der Waals surface area (Å²) in [5.41, 5.74) is 3.09. The second kappa shape index (κ2) is 7.35. The van der Waals surface area contributed by atoms with Crippen molar-refractivity contribution in [1.29, 1.82) is 0 Å². The molecule has 2 N–H and O–H groups in total. The Morgan fingerprint density at radius 3 is 2.65 bits per heavy atom. The van der Waals surface area contributed by atoms with Crippen LogP contribution in [0.4, 0.5) is 5.69 Å². The lowest BCUT2D eigenvalue weighted by Crippen LogP contribution is -2.52. The highest BCUT2D eigenvalue weighted by Crippen LogP contribution is 2.31. The number of para-hydroxylation sites is 1. The average Bonchev–Trinajstić information content (AvgIpc) is 3.06. The van der Waals surface area contributed by atoms with Crippen LogP contribution in [0.25, 0.3) is 11.0 Å². The summed E-state index contributed by atoms with van der Waals surface area (Å²) < 4.78 is 30.0. The normalized spacial score (nSPS) is 21.0. The van der Waals surface area contributed by atoms with Crippen LogP contribution in [0.1, 0.15) is 29.0 Å². The average molecular weight is 440 g/mol. The first-order valence-electron chi connectivity index (χ1n) is 10.4. The molecule has 1 saturated heterocycles. The number of hydrogen-bond donors (Lipinski definition) is 2. The predicted molar refractivity (Wildman–Crippen MR) is 118 cm³/mol. The molecule has 0 unspecified atom stereocenters. The molecule has 2 aliphatic heterocycles. The van der Waals surface area contributed by atoms with E-state index < -0.39 is 10.0 Å². The molecule has 1 amide bonds. The first-order valence-corrected chi connectivity index (χ1v) is 11.9. The van der Waals surface area contributed by atoms with Crippen LogP contribution in [0.3, 0.4) is 0 Å². The van der Waals surface area contributed by atoms with Gasteiger partial charge in [-0.3, -0.25) is 4.79 Å². The van der Waals surface area contributed by atoms with E-state index >= 15 is 0 Å². The summed E-state index contributed by atoms with van der Waals surface area (Å²) in [7, 11) is -1.58. The molecule has 1 fully saturated rings. The predicted octanol–water partition coefficient (Wildman–Crippen LogP) is 2.46. The van der Waals surface area contributed by atoms with Gasteiger partial charge in [0.25, 0.3) is 5.91 Å². The van der Waals surface area contributed by atoms with E-state index in [4.69, 9.17) is 0 Å². The van der Waals surface area contributed by atoms with Gasteiger partial charge >= 0.3 is 0 Å². The topological polar surface area (TPSA) is 96.3 Å². The van der Waals surface area contributed by atoms with E-state index in [1.807, 2.05) is 47.7 Å². The van der Waals surface area contributed by atoms with Gasteiger partial charge in [-0.05, 0) is 56.0 Å². The quantitative estimate of drug-likeness (QED) is 0.640. The molecule has 8 nitrogen and oxygen atoms in total. The summed E-state index contributed by atoms with van der Waals surface area (Å²) in [5, 5.41) is 3.32. The minimum absolute atomic E-state index is 0.00816. The van der Waals surface area contributed by atoms with Crippen molar-refractivity contribution in [2.75, 3.05) is 18.4 Å². The van der Waals surface area contributed by atoms with Gasteiger partial charge in [0, 0.05) is 25.7 Å². The molecule has 0 spiro atoms. The third kappa shape index (κ3) is 3.47. The molecule has 1 aromatic heterocycles. The lowest BCUT2D eigenvalue weighted by atomic mass is 9.93.